The maximum atomic E-state index is 7.53. The molecular formula is C24H50N4. The molecule has 0 saturated carbocycles. The molecule has 0 bridgehead atoms. The van der Waals surface area contributed by atoms with Crippen molar-refractivity contribution in [1.29, 1.82) is 0 Å². The highest BCUT2D eigenvalue weighted by Crippen LogP contribution is 2.48. The van der Waals surface area contributed by atoms with Gasteiger partial charge in [0.25, 0.3) is 0 Å². The average Bonchev–Trinajstić information content (AvgIpc) is 2.45. The van der Waals surface area contributed by atoms with Crippen LogP contribution >= 0.6 is 0 Å². The van der Waals surface area contributed by atoms with Crippen LogP contribution in [0.25, 0.3) is 0 Å². The molecule has 4 nitrogen and oxygen atoms in total. The van der Waals surface area contributed by atoms with E-state index in [4.69, 9.17) is 11.5 Å². The Labute approximate surface area is 175 Å². The highest BCUT2D eigenvalue weighted by Gasteiger charge is 2.52. The van der Waals surface area contributed by atoms with Crippen molar-refractivity contribution < 1.29 is 0 Å². The Morgan fingerprint density at radius 1 is 0.679 bits per heavy atom. The third-order valence-electron chi connectivity index (χ3n) is 7.21. The van der Waals surface area contributed by atoms with Crippen molar-refractivity contribution in [2.75, 3.05) is 6.54 Å². The summed E-state index contributed by atoms with van der Waals surface area (Å²) >= 11 is 0. The van der Waals surface area contributed by atoms with Gasteiger partial charge < -0.3 is 22.1 Å². The Morgan fingerprint density at radius 3 is 1.36 bits per heavy atom. The zero-order valence-corrected chi connectivity index (χ0v) is 20.2. The topological polar surface area (TPSA) is 76.1 Å². The summed E-state index contributed by atoms with van der Waals surface area (Å²) in [6, 6.07) is 0. The molecule has 2 fully saturated rings. The quantitative estimate of drug-likeness (QED) is 0.485. The minimum Gasteiger partial charge on any atom is -0.330 e. The molecule has 0 spiro atoms. The van der Waals surface area contributed by atoms with Crippen LogP contribution in [-0.4, -0.2) is 34.2 Å². The van der Waals surface area contributed by atoms with Gasteiger partial charge in [0.15, 0.2) is 0 Å². The van der Waals surface area contributed by atoms with Crippen LogP contribution in [0.2, 0.25) is 0 Å². The number of nitrogens with two attached hydrogens (primary N) is 2. The average molecular weight is 395 g/mol. The maximum absolute atomic E-state index is 7.53. The summed E-state index contributed by atoms with van der Waals surface area (Å²) in [5.41, 5.74) is 13.7. The predicted octanol–water partition coefficient (Wildman–Crippen LogP) is 4.32. The number of nitrogens with one attached hydrogen (secondary N) is 2. The lowest BCUT2D eigenvalue weighted by Gasteiger charge is -2.58. The van der Waals surface area contributed by atoms with E-state index in [0.29, 0.717) is 11.8 Å². The van der Waals surface area contributed by atoms with Gasteiger partial charge in [0.1, 0.15) is 0 Å². The van der Waals surface area contributed by atoms with Crippen molar-refractivity contribution in [2.45, 2.75) is 134 Å². The maximum Gasteiger partial charge on any atom is 0.0214 e. The Morgan fingerprint density at radius 2 is 1.04 bits per heavy atom. The zero-order chi connectivity index (χ0) is 21.4. The summed E-state index contributed by atoms with van der Waals surface area (Å²) in [7, 11) is 0. The minimum atomic E-state index is -0.109. The molecule has 4 heteroatoms. The molecule has 0 unspecified atom stereocenters. The number of unbranched alkanes of at least 4 members (excludes halogenated alkanes) is 2. The molecule has 0 atom stereocenters. The first kappa shape index (κ1) is 24.1. The molecule has 2 heterocycles. The van der Waals surface area contributed by atoms with Crippen LogP contribution in [0.5, 0.6) is 0 Å². The van der Waals surface area contributed by atoms with E-state index in [-0.39, 0.29) is 27.7 Å². The molecule has 28 heavy (non-hydrogen) atoms. The van der Waals surface area contributed by atoms with Crippen molar-refractivity contribution in [3.8, 4) is 0 Å². The normalized spacial score (nSPS) is 27.6. The van der Waals surface area contributed by atoms with Crippen LogP contribution in [0.3, 0.4) is 0 Å². The second kappa shape index (κ2) is 8.17. The lowest BCUT2D eigenvalue weighted by Crippen LogP contribution is -2.68. The van der Waals surface area contributed by atoms with E-state index in [9.17, 15) is 0 Å². The standard InChI is InChI=1S/C24H50N4/c1-20(2)14-18(15-21(3,4)27-20)24(26,12-10-9-11-13-25)19-16-22(5,6)28-23(7,8)17-19/h18-19,27-28H,9-17,25-26H2,1-8H3. The first-order chi connectivity index (χ1) is 12.6. The first-order valence-corrected chi connectivity index (χ1v) is 11.7. The number of rotatable bonds is 7. The van der Waals surface area contributed by atoms with Gasteiger partial charge in [0.2, 0.25) is 0 Å². The number of hydrogen-bond acceptors (Lipinski definition) is 4. The van der Waals surface area contributed by atoms with Crippen molar-refractivity contribution in [2.24, 2.45) is 23.3 Å². The van der Waals surface area contributed by atoms with E-state index in [2.05, 4.69) is 66.0 Å². The summed E-state index contributed by atoms with van der Waals surface area (Å²) in [4.78, 5) is 0. The monoisotopic (exact) mass is 394 g/mol. The molecule has 0 radical (unpaired) electrons. The van der Waals surface area contributed by atoms with Gasteiger partial charge in [0, 0.05) is 27.7 Å². The first-order valence-electron chi connectivity index (χ1n) is 11.7. The highest BCUT2D eigenvalue weighted by atomic mass is 15.1. The fourth-order valence-electron chi connectivity index (χ4n) is 6.90. The molecule has 0 aromatic heterocycles. The zero-order valence-electron chi connectivity index (χ0n) is 20.2. The van der Waals surface area contributed by atoms with Gasteiger partial charge in [-0.15, -0.1) is 0 Å². The predicted molar refractivity (Wildman–Crippen MR) is 122 cm³/mol. The van der Waals surface area contributed by atoms with Gasteiger partial charge in [-0.1, -0.05) is 12.8 Å². The lowest BCUT2D eigenvalue weighted by atomic mass is 9.57. The molecule has 2 rings (SSSR count). The number of piperidine rings is 2. The van der Waals surface area contributed by atoms with Crippen LogP contribution in [0, 0.1) is 11.8 Å². The van der Waals surface area contributed by atoms with Crippen LogP contribution in [0.15, 0.2) is 0 Å². The molecule has 2 aliphatic heterocycles. The molecule has 2 aliphatic rings. The van der Waals surface area contributed by atoms with Gasteiger partial charge in [-0.3, -0.25) is 0 Å². The van der Waals surface area contributed by atoms with Gasteiger partial charge in [-0.2, -0.15) is 0 Å². The smallest absolute Gasteiger partial charge is 0.0214 e. The molecule has 0 amide bonds. The van der Waals surface area contributed by atoms with Gasteiger partial charge in [0.05, 0.1) is 0 Å². The van der Waals surface area contributed by atoms with Crippen LogP contribution in [-0.2, 0) is 0 Å². The van der Waals surface area contributed by atoms with Crippen molar-refractivity contribution >= 4 is 0 Å². The van der Waals surface area contributed by atoms with E-state index in [1.54, 1.807) is 0 Å². The van der Waals surface area contributed by atoms with E-state index in [1.807, 2.05) is 0 Å². The van der Waals surface area contributed by atoms with E-state index in [0.717, 1.165) is 45.1 Å². The Kier molecular flexibility index (Phi) is 7.03. The van der Waals surface area contributed by atoms with Crippen molar-refractivity contribution in [3.63, 3.8) is 0 Å². The molecule has 6 N–H and O–H groups in total. The molecular weight excluding hydrogens is 344 g/mol. The second-order valence-corrected chi connectivity index (χ2v) is 12.7. The van der Waals surface area contributed by atoms with Crippen LogP contribution in [0.4, 0.5) is 0 Å². The fraction of sp³-hybridized carbons (Fsp3) is 1.00. The summed E-state index contributed by atoms with van der Waals surface area (Å²) in [5.74, 6) is 1.10. The summed E-state index contributed by atoms with van der Waals surface area (Å²) in [6.45, 7) is 19.6. The van der Waals surface area contributed by atoms with E-state index < -0.39 is 0 Å². The second-order valence-electron chi connectivity index (χ2n) is 12.7. The van der Waals surface area contributed by atoms with E-state index in [1.165, 1.54) is 12.8 Å². The third kappa shape index (κ3) is 6.17. The molecule has 2 saturated heterocycles. The van der Waals surface area contributed by atoms with Gasteiger partial charge >= 0.3 is 0 Å². The fourth-order valence-corrected chi connectivity index (χ4v) is 6.90. The number of hydrogen-bond donors (Lipinski definition) is 4. The van der Waals surface area contributed by atoms with Gasteiger partial charge in [-0.25, -0.2) is 0 Å². The molecule has 166 valence electrons. The lowest BCUT2D eigenvalue weighted by molar-refractivity contribution is 0.000689. The van der Waals surface area contributed by atoms with Crippen molar-refractivity contribution in [1.82, 2.24) is 10.6 Å². The molecule has 0 aromatic rings. The highest BCUT2D eigenvalue weighted by molar-refractivity contribution is 5.11. The van der Waals surface area contributed by atoms with Crippen LogP contribution in [0.1, 0.15) is 107 Å². The Bertz CT molecular complexity index is 451. The minimum absolute atomic E-state index is 0.109. The largest absolute Gasteiger partial charge is 0.330 e. The molecule has 0 aromatic carbocycles. The summed E-state index contributed by atoms with van der Waals surface area (Å²) < 4.78 is 0. The van der Waals surface area contributed by atoms with Crippen LogP contribution < -0.4 is 22.1 Å². The summed E-state index contributed by atoms with van der Waals surface area (Å²) in [5, 5.41) is 7.72. The van der Waals surface area contributed by atoms with Gasteiger partial charge in [-0.05, 0) is 112 Å². The molecule has 0 aliphatic carbocycles. The third-order valence-corrected chi connectivity index (χ3v) is 7.21. The van der Waals surface area contributed by atoms with Crippen molar-refractivity contribution in [3.05, 3.63) is 0 Å². The van der Waals surface area contributed by atoms with E-state index >= 15 is 0 Å². The Balaban J connectivity index is 2.34. The summed E-state index contributed by atoms with van der Waals surface area (Å²) in [6.07, 6.45) is 9.28. The Hall–Kier alpha value is -0.160. The SMILES string of the molecule is CC1(C)CC(C(N)(CCCCCN)C2CC(C)(C)NC(C)(C)C2)CC(C)(C)N1.